The fourth-order valence-corrected chi connectivity index (χ4v) is 3.62. The summed E-state index contributed by atoms with van der Waals surface area (Å²) >= 11 is 0.0479. The van der Waals surface area contributed by atoms with Crippen molar-refractivity contribution in [3.8, 4) is 0 Å². The first-order valence-electron chi connectivity index (χ1n) is 6.40. The van der Waals surface area contributed by atoms with Crippen molar-refractivity contribution in [2.45, 2.75) is 38.1 Å². The molecule has 0 saturated heterocycles. The van der Waals surface area contributed by atoms with E-state index in [1.54, 1.807) is 20.8 Å². The number of benzene rings is 1. The van der Waals surface area contributed by atoms with E-state index in [1.165, 1.54) is 0 Å². The van der Waals surface area contributed by atoms with E-state index in [0.29, 0.717) is 5.32 Å². The molecule has 0 aliphatic rings. The molecule has 0 amide bonds. The number of ether oxygens (including phenoxy) is 1. The van der Waals surface area contributed by atoms with Crippen LogP contribution in [0.2, 0.25) is 5.32 Å². The first kappa shape index (κ1) is 16.7. The van der Waals surface area contributed by atoms with Gasteiger partial charge in [0.15, 0.2) is 0 Å². The van der Waals surface area contributed by atoms with Gasteiger partial charge in [0, 0.05) is 0 Å². The molecule has 1 aromatic carbocycles. The number of carboxylic acids is 1. The van der Waals surface area contributed by atoms with Crippen LogP contribution in [0.5, 0.6) is 0 Å². The Morgan fingerprint density at radius 3 is 2.35 bits per heavy atom. The maximum atomic E-state index is 11.7. The minimum absolute atomic E-state index is 0.0479. The van der Waals surface area contributed by atoms with E-state index >= 15 is 0 Å². The SMILES string of the molecule is CC(C)(C)OC(=O)C[C@@H](C[Se]c1ccccc1)C(=O)O. The molecule has 4 nitrogen and oxygen atoms in total. The van der Waals surface area contributed by atoms with E-state index < -0.39 is 23.5 Å². The second kappa shape index (κ2) is 7.46. The molecule has 20 heavy (non-hydrogen) atoms. The number of esters is 1. The van der Waals surface area contributed by atoms with Crippen molar-refractivity contribution >= 4 is 31.4 Å². The molecule has 0 spiro atoms. The Morgan fingerprint density at radius 2 is 1.85 bits per heavy atom. The number of carbonyl (C=O) groups is 2. The summed E-state index contributed by atoms with van der Waals surface area (Å²) in [6.07, 6.45) is -0.0683. The van der Waals surface area contributed by atoms with E-state index in [0.717, 1.165) is 4.46 Å². The van der Waals surface area contributed by atoms with Crippen LogP contribution in [0.1, 0.15) is 27.2 Å². The molecule has 0 aromatic heterocycles. The van der Waals surface area contributed by atoms with E-state index in [2.05, 4.69) is 0 Å². The van der Waals surface area contributed by atoms with E-state index in [-0.39, 0.29) is 21.4 Å². The topological polar surface area (TPSA) is 63.6 Å². The number of aliphatic carboxylic acids is 1. The van der Waals surface area contributed by atoms with E-state index in [4.69, 9.17) is 4.74 Å². The summed E-state index contributed by atoms with van der Waals surface area (Å²) in [5.74, 6) is -2.06. The molecule has 0 saturated carbocycles. The van der Waals surface area contributed by atoms with Gasteiger partial charge in [0.05, 0.1) is 0 Å². The summed E-state index contributed by atoms with van der Waals surface area (Å²) in [5.41, 5.74) is -0.579. The molecule has 1 N–H and O–H groups in total. The van der Waals surface area contributed by atoms with Crippen LogP contribution < -0.4 is 4.46 Å². The Hall–Kier alpha value is -1.32. The normalized spacial score (nSPS) is 12.8. The quantitative estimate of drug-likeness (QED) is 0.633. The van der Waals surface area contributed by atoms with Crippen molar-refractivity contribution in [3.63, 3.8) is 0 Å². The zero-order valence-corrected chi connectivity index (χ0v) is 13.7. The Labute approximate surface area is 125 Å². The molecule has 110 valence electrons. The second-order valence-corrected chi connectivity index (χ2v) is 7.74. The van der Waals surface area contributed by atoms with Crippen molar-refractivity contribution in [2.24, 2.45) is 5.92 Å². The molecule has 0 aliphatic carbocycles. The van der Waals surface area contributed by atoms with E-state index in [9.17, 15) is 14.7 Å². The van der Waals surface area contributed by atoms with Crippen molar-refractivity contribution in [1.82, 2.24) is 0 Å². The van der Waals surface area contributed by atoms with Gasteiger partial charge in [-0.05, 0) is 0 Å². The summed E-state index contributed by atoms with van der Waals surface area (Å²) in [4.78, 5) is 22.9. The average molecular weight is 343 g/mol. The average Bonchev–Trinajstić information content (AvgIpc) is 2.33. The van der Waals surface area contributed by atoms with Crippen LogP contribution in [0.25, 0.3) is 0 Å². The van der Waals surface area contributed by atoms with Crippen molar-refractivity contribution in [3.05, 3.63) is 30.3 Å². The monoisotopic (exact) mass is 344 g/mol. The van der Waals surface area contributed by atoms with Crippen LogP contribution in [-0.4, -0.2) is 37.6 Å². The minimum atomic E-state index is -0.936. The van der Waals surface area contributed by atoms with Gasteiger partial charge in [-0.2, -0.15) is 0 Å². The first-order chi connectivity index (χ1) is 9.28. The molecule has 1 aromatic rings. The zero-order valence-electron chi connectivity index (χ0n) is 12.0. The fourth-order valence-electron chi connectivity index (χ4n) is 1.52. The third kappa shape index (κ3) is 6.73. The Bertz CT molecular complexity index is 451. The summed E-state index contributed by atoms with van der Waals surface area (Å²) in [6.45, 7) is 5.32. The van der Waals surface area contributed by atoms with Gasteiger partial charge in [0.1, 0.15) is 0 Å². The predicted molar refractivity (Wildman–Crippen MR) is 78.2 cm³/mol. The molecular weight excluding hydrogens is 323 g/mol. The number of carboxylic acid groups (broad SMARTS) is 1. The van der Waals surface area contributed by atoms with Crippen molar-refractivity contribution in [2.75, 3.05) is 0 Å². The van der Waals surface area contributed by atoms with Crippen LogP contribution in [-0.2, 0) is 14.3 Å². The fraction of sp³-hybridized carbons (Fsp3) is 0.467. The van der Waals surface area contributed by atoms with Gasteiger partial charge < -0.3 is 0 Å². The Balaban J connectivity index is 2.53. The van der Waals surface area contributed by atoms with Crippen LogP contribution in [0.4, 0.5) is 0 Å². The molecule has 0 unspecified atom stereocenters. The molecule has 0 bridgehead atoms. The van der Waals surface area contributed by atoms with Gasteiger partial charge in [-0.3, -0.25) is 0 Å². The summed E-state index contributed by atoms with van der Waals surface area (Å²) in [5, 5.41) is 9.69. The molecule has 0 heterocycles. The number of hydrogen-bond donors (Lipinski definition) is 1. The van der Waals surface area contributed by atoms with Gasteiger partial charge in [0.2, 0.25) is 0 Å². The van der Waals surface area contributed by atoms with Gasteiger partial charge in [0.25, 0.3) is 0 Å². The predicted octanol–water partition coefficient (Wildman–Crippen LogP) is 1.87. The van der Waals surface area contributed by atoms with Crippen LogP contribution >= 0.6 is 0 Å². The number of carbonyl (C=O) groups excluding carboxylic acids is 1. The van der Waals surface area contributed by atoms with Gasteiger partial charge in [-0.25, -0.2) is 0 Å². The molecule has 1 atom stereocenters. The molecule has 0 aliphatic heterocycles. The molecule has 0 radical (unpaired) electrons. The molecule has 5 heteroatoms. The molecule has 0 fully saturated rings. The van der Waals surface area contributed by atoms with Gasteiger partial charge >= 0.3 is 125 Å². The number of hydrogen-bond acceptors (Lipinski definition) is 3. The maximum absolute atomic E-state index is 11.7. The van der Waals surface area contributed by atoms with Crippen LogP contribution in [0.3, 0.4) is 0 Å². The van der Waals surface area contributed by atoms with Gasteiger partial charge in [-0.1, -0.05) is 0 Å². The summed E-state index contributed by atoms with van der Waals surface area (Å²) < 4.78 is 6.31. The van der Waals surface area contributed by atoms with E-state index in [1.807, 2.05) is 30.3 Å². The Morgan fingerprint density at radius 1 is 1.25 bits per heavy atom. The molecule has 1 rings (SSSR count). The third-order valence-corrected chi connectivity index (χ3v) is 4.84. The third-order valence-electron chi connectivity index (χ3n) is 2.38. The summed E-state index contributed by atoms with van der Waals surface area (Å²) in [6, 6.07) is 9.75. The first-order valence-corrected chi connectivity index (χ1v) is 8.47. The van der Waals surface area contributed by atoms with Crippen molar-refractivity contribution in [1.29, 1.82) is 0 Å². The molecular formula is C15H20O4Se. The van der Waals surface area contributed by atoms with Crippen LogP contribution in [0.15, 0.2) is 30.3 Å². The standard InChI is InChI=1S/C15H20O4Se/c1-15(2,3)19-13(16)9-11(14(17)18)10-20-12-7-5-4-6-8-12/h4-8,11H,9-10H2,1-3H3,(H,17,18)/t11-/m0/s1. The Kier molecular flexibility index (Phi) is 6.24. The number of rotatable bonds is 6. The summed E-state index contributed by atoms with van der Waals surface area (Å²) in [7, 11) is 0. The second-order valence-electron chi connectivity index (χ2n) is 5.45. The van der Waals surface area contributed by atoms with Crippen LogP contribution in [0, 0.1) is 5.92 Å². The van der Waals surface area contributed by atoms with Crippen molar-refractivity contribution < 1.29 is 19.4 Å². The van der Waals surface area contributed by atoms with Gasteiger partial charge in [-0.15, -0.1) is 0 Å². The zero-order chi connectivity index (χ0) is 15.2.